The Morgan fingerprint density at radius 2 is 1.96 bits per heavy atom. The summed E-state index contributed by atoms with van der Waals surface area (Å²) in [5.41, 5.74) is 5.70. The van der Waals surface area contributed by atoms with Crippen molar-refractivity contribution in [2.45, 2.75) is 70.8 Å². The highest BCUT2D eigenvalue weighted by Crippen LogP contribution is 2.54. The monoisotopic (exact) mass is 380 g/mol. The molecule has 1 aromatic carbocycles. The molecule has 2 saturated heterocycles. The average molecular weight is 381 g/mol. The summed E-state index contributed by atoms with van der Waals surface area (Å²) in [6, 6.07) is 5.27. The predicted molar refractivity (Wildman–Crippen MR) is 112 cm³/mol. The van der Waals surface area contributed by atoms with Crippen LogP contribution in [0.1, 0.15) is 69.8 Å². The summed E-state index contributed by atoms with van der Waals surface area (Å²) in [6.07, 6.45) is 4.26. The van der Waals surface area contributed by atoms with Gasteiger partial charge in [0.15, 0.2) is 0 Å². The SMILES string of the molecule is CC(=O)N1CCC(c2nc3cc4c(cc3[nH]2)C[C@H]2NCCC4(C)C2(C)C)CC1. The third-order valence-electron chi connectivity index (χ3n) is 8.38. The number of hydrogen-bond acceptors (Lipinski definition) is 3. The van der Waals surface area contributed by atoms with Crippen molar-refractivity contribution in [2.24, 2.45) is 5.41 Å². The van der Waals surface area contributed by atoms with Gasteiger partial charge in [0.05, 0.1) is 11.0 Å². The van der Waals surface area contributed by atoms with Crippen molar-refractivity contribution in [1.82, 2.24) is 20.2 Å². The average Bonchev–Trinajstić information content (AvgIpc) is 3.06. The highest BCUT2D eigenvalue weighted by Gasteiger charge is 2.53. The van der Waals surface area contributed by atoms with Crippen LogP contribution in [0.4, 0.5) is 0 Å². The lowest BCUT2D eigenvalue weighted by Gasteiger charge is -2.57. The fourth-order valence-corrected chi connectivity index (χ4v) is 5.95. The van der Waals surface area contributed by atoms with Crippen molar-refractivity contribution in [1.29, 1.82) is 0 Å². The number of rotatable bonds is 1. The smallest absolute Gasteiger partial charge is 0.219 e. The number of amides is 1. The number of imidazole rings is 1. The van der Waals surface area contributed by atoms with Gasteiger partial charge in [-0.15, -0.1) is 0 Å². The first-order chi connectivity index (χ1) is 13.3. The highest BCUT2D eigenvalue weighted by molar-refractivity contribution is 5.78. The number of aromatic amines is 1. The molecule has 2 N–H and O–H groups in total. The van der Waals surface area contributed by atoms with Gasteiger partial charge in [-0.3, -0.25) is 4.79 Å². The first-order valence-corrected chi connectivity index (χ1v) is 10.8. The molecule has 2 aromatic rings. The van der Waals surface area contributed by atoms with E-state index in [1.165, 1.54) is 23.1 Å². The van der Waals surface area contributed by atoms with Gasteiger partial charge in [-0.1, -0.05) is 20.8 Å². The molecular weight excluding hydrogens is 348 g/mol. The molecule has 2 bridgehead atoms. The van der Waals surface area contributed by atoms with E-state index >= 15 is 0 Å². The number of aromatic nitrogens is 2. The van der Waals surface area contributed by atoms with Gasteiger partial charge in [-0.2, -0.15) is 0 Å². The zero-order chi connectivity index (χ0) is 19.7. The van der Waals surface area contributed by atoms with Gasteiger partial charge in [0.25, 0.3) is 0 Å². The molecule has 1 amide bonds. The highest BCUT2D eigenvalue weighted by atomic mass is 16.2. The quantitative estimate of drug-likeness (QED) is 0.796. The fourth-order valence-electron chi connectivity index (χ4n) is 5.95. The van der Waals surface area contributed by atoms with Gasteiger partial charge in [-0.05, 0) is 60.9 Å². The molecule has 0 spiro atoms. The normalized spacial score (nSPS) is 29.7. The molecule has 3 aliphatic rings. The summed E-state index contributed by atoms with van der Waals surface area (Å²) in [7, 11) is 0. The van der Waals surface area contributed by atoms with E-state index in [9.17, 15) is 4.79 Å². The molecule has 2 fully saturated rings. The van der Waals surface area contributed by atoms with Gasteiger partial charge >= 0.3 is 0 Å². The standard InChI is InChI=1S/C23H32N4O/c1-14(28)27-9-5-15(6-10-27)21-25-18-11-16-12-20-22(2,3)23(4,7-8-24-20)17(16)13-19(18)26-21/h11,13,15,20,24H,5-10,12H2,1-4H3,(H,25,26)/t20-,23?/m1/s1. The minimum atomic E-state index is 0.186. The molecule has 2 atom stereocenters. The molecule has 3 heterocycles. The lowest BCUT2D eigenvalue weighted by Crippen LogP contribution is -2.62. The Balaban J connectivity index is 1.51. The third-order valence-corrected chi connectivity index (χ3v) is 8.38. The van der Waals surface area contributed by atoms with E-state index in [0.29, 0.717) is 12.0 Å². The van der Waals surface area contributed by atoms with E-state index in [4.69, 9.17) is 4.98 Å². The molecule has 1 aromatic heterocycles. The Hall–Kier alpha value is -1.88. The van der Waals surface area contributed by atoms with Crippen LogP contribution in [-0.2, 0) is 16.6 Å². The molecule has 5 nitrogen and oxygen atoms in total. The van der Waals surface area contributed by atoms with Crippen LogP contribution in [0.2, 0.25) is 0 Å². The zero-order valence-corrected chi connectivity index (χ0v) is 17.6. The number of likely N-dealkylation sites (tertiary alicyclic amines) is 1. The summed E-state index contributed by atoms with van der Waals surface area (Å²) in [5.74, 6) is 1.71. The van der Waals surface area contributed by atoms with E-state index in [2.05, 4.69) is 43.2 Å². The molecule has 5 rings (SSSR count). The van der Waals surface area contributed by atoms with Gasteiger partial charge in [0.1, 0.15) is 5.82 Å². The van der Waals surface area contributed by atoms with E-state index in [-0.39, 0.29) is 16.7 Å². The largest absolute Gasteiger partial charge is 0.343 e. The first kappa shape index (κ1) is 18.2. The zero-order valence-electron chi connectivity index (χ0n) is 17.6. The Morgan fingerprint density at radius 1 is 1.21 bits per heavy atom. The van der Waals surface area contributed by atoms with Crippen LogP contribution in [0.3, 0.4) is 0 Å². The fraction of sp³-hybridized carbons (Fsp3) is 0.652. The van der Waals surface area contributed by atoms with Crippen molar-refractivity contribution >= 4 is 16.9 Å². The number of carbonyl (C=O) groups excluding carboxylic acids is 1. The molecule has 150 valence electrons. The molecular formula is C23H32N4O. The number of H-pyrrole nitrogens is 1. The number of piperidine rings is 2. The van der Waals surface area contributed by atoms with E-state index in [1.807, 2.05) is 4.90 Å². The van der Waals surface area contributed by atoms with Crippen molar-refractivity contribution in [2.75, 3.05) is 19.6 Å². The number of hydrogen-bond donors (Lipinski definition) is 2. The predicted octanol–water partition coefficient (Wildman–Crippen LogP) is 3.49. The summed E-state index contributed by atoms with van der Waals surface area (Å²) in [6.45, 7) is 11.8. The van der Waals surface area contributed by atoms with Crippen LogP contribution in [-0.4, -0.2) is 46.5 Å². The Bertz CT molecular complexity index is 937. The number of nitrogens with zero attached hydrogens (tertiary/aromatic N) is 2. The summed E-state index contributed by atoms with van der Waals surface area (Å²) < 4.78 is 0. The van der Waals surface area contributed by atoms with Gasteiger partial charge in [0, 0.05) is 37.4 Å². The first-order valence-electron chi connectivity index (χ1n) is 10.8. The van der Waals surface area contributed by atoms with Gasteiger partial charge in [0.2, 0.25) is 5.91 Å². The summed E-state index contributed by atoms with van der Waals surface area (Å²) >= 11 is 0. The van der Waals surface area contributed by atoms with Crippen LogP contribution in [0.15, 0.2) is 12.1 Å². The van der Waals surface area contributed by atoms with E-state index in [1.54, 1.807) is 6.92 Å². The number of carbonyl (C=O) groups is 1. The van der Waals surface area contributed by atoms with Crippen LogP contribution in [0.25, 0.3) is 11.0 Å². The molecule has 1 aliphatic carbocycles. The van der Waals surface area contributed by atoms with Crippen LogP contribution < -0.4 is 5.32 Å². The van der Waals surface area contributed by atoms with Crippen molar-refractivity contribution in [3.8, 4) is 0 Å². The second kappa shape index (κ2) is 6.06. The van der Waals surface area contributed by atoms with Crippen molar-refractivity contribution in [3.05, 3.63) is 29.1 Å². The second-order valence-corrected chi connectivity index (χ2v) is 9.94. The van der Waals surface area contributed by atoms with Crippen LogP contribution in [0, 0.1) is 5.41 Å². The second-order valence-electron chi connectivity index (χ2n) is 9.94. The topological polar surface area (TPSA) is 61.0 Å². The Kier molecular flexibility index (Phi) is 3.93. The van der Waals surface area contributed by atoms with Crippen molar-refractivity contribution in [3.63, 3.8) is 0 Å². The molecule has 28 heavy (non-hydrogen) atoms. The summed E-state index contributed by atoms with van der Waals surface area (Å²) in [4.78, 5) is 22.2. The lowest BCUT2D eigenvalue weighted by molar-refractivity contribution is -0.129. The maximum Gasteiger partial charge on any atom is 0.219 e. The van der Waals surface area contributed by atoms with Crippen molar-refractivity contribution < 1.29 is 4.79 Å². The van der Waals surface area contributed by atoms with Gasteiger partial charge in [-0.25, -0.2) is 4.98 Å². The van der Waals surface area contributed by atoms with E-state index < -0.39 is 0 Å². The van der Waals surface area contributed by atoms with Gasteiger partial charge < -0.3 is 15.2 Å². The Morgan fingerprint density at radius 3 is 2.68 bits per heavy atom. The lowest BCUT2D eigenvalue weighted by atomic mass is 9.51. The molecule has 0 saturated carbocycles. The summed E-state index contributed by atoms with van der Waals surface area (Å²) in [5, 5.41) is 3.77. The third kappa shape index (κ3) is 2.48. The maximum atomic E-state index is 11.6. The Labute approximate surface area is 167 Å². The maximum absolute atomic E-state index is 11.6. The van der Waals surface area contributed by atoms with E-state index in [0.717, 1.165) is 50.2 Å². The molecule has 0 radical (unpaired) electrons. The molecule has 1 unspecified atom stereocenters. The molecule has 5 heteroatoms. The number of benzene rings is 1. The minimum absolute atomic E-state index is 0.186. The van der Waals surface area contributed by atoms with Crippen LogP contribution >= 0.6 is 0 Å². The van der Waals surface area contributed by atoms with Crippen LogP contribution in [0.5, 0.6) is 0 Å². The minimum Gasteiger partial charge on any atom is -0.343 e. The number of fused-ring (bicyclic) bond motifs is 5. The molecule has 2 aliphatic heterocycles. The number of nitrogens with one attached hydrogen (secondary N) is 2.